The molecule has 0 radical (unpaired) electrons. The SMILES string of the molecule is CCCCCc1ccc(C(=O)N2CCCC2C(N)=O)c(=O)o1. The van der Waals surface area contributed by atoms with Crippen LogP contribution in [-0.4, -0.2) is 29.3 Å². The van der Waals surface area contributed by atoms with E-state index in [-0.39, 0.29) is 5.56 Å². The van der Waals surface area contributed by atoms with E-state index in [1.165, 1.54) is 11.0 Å². The van der Waals surface area contributed by atoms with Gasteiger partial charge in [-0.25, -0.2) is 4.79 Å². The van der Waals surface area contributed by atoms with Gasteiger partial charge >= 0.3 is 5.63 Å². The van der Waals surface area contributed by atoms with Crippen LogP contribution in [0.4, 0.5) is 0 Å². The maximum absolute atomic E-state index is 12.4. The normalized spacial score (nSPS) is 17.7. The summed E-state index contributed by atoms with van der Waals surface area (Å²) in [4.78, 5) is 37.2. The summed E-state index contributed by atoms with van der Waals surface area (Å²) in [6.07, 6.45) is 5.04. The highest BCUT2D eigenvalue weighted by Gasteiger charge is 2.34. The second kappa shape index (κ2) is 7.24. The van der Waals surface area contributed by atoms with Crippen molar-refractivity contribution in [2.24, 2.45) is 5.73 Å². The van der Waals surface area contributed by atoms with Crippen LogP contribution in [0.15, 0.2) is 21.3 Å². The monoisotopic (exact) mass is 306 g/mol. The molecule has 22 heavy (non-hydrogen) atoms. The molecule has 1 aliphatic heterocycles. The number of carbonyl (C=O) groups excluding carboxylic acids is 2. The zero-order valence-corrected chi connectivity index (χ0v) is 12.8. The summed E-state index contributed by atoms with van der Waals surface area (Å²) >= 11 is 0. The van der Waals surface area contributed by atoms with Crippen LogP contribution in [-0.2, 0) is 11.2 Å². The fourth-order valence-electron chi connectivity index (χ4n) is 2.75. The van der Waals surface area contributed by atoms with Crippen molar-refractivity contribution in [3.05, 3.63) is 33.9 Å². The number of rotatable bonds is 6. The zero-order valence-electron chi connectivity index (χ0n) is 12.8. The number of primary amides is 1. The van der Waals surface area contributed by atoms with Crippen LogP contribution in [0.2, 0.25) is 0 Å². The van der Waals surface area contributed by atoms with Gasteiger partial charge in [0.25, 0.3) is 5.91 Å². The Kier molecular flexibility index (Phi) is 5.35. The number of unbranched alkanes of at least 4 members (excludes halogenated alkanes) is 2. The number of aryl methyl sites for hydroxylation is 1. The highest BCUT2D eigenvalue weighted by atomic mass is 16.4. The van der Waals surface area contributed by atoms with Gasteiger partial charge in [-0.3, -0.25) is 9.59 Å². The molecule has 0 spiro atoms. The van der Waals surface area contributed by atoms with Crippen LogP contribution in [0.1, 0.15) is 55.1 Å². The third-order valence-electron chi connectivity index (χ3n) is 3.98. The molecule has 1 fully saturated rings. The van der Waals surface area contributed by atoms with Crippen molar-refractivity contribution in [3.63, 3.8) is 0 Å². The quantitative estimate of drug-likeness (QED) is 0.805. The third kappa shape index (κ3) is 3.55. The molecule has 1 saturated heterocycles. The topological polar surface area (TPSA) is 93.6 Å². The van der Waals surface area contributed by atoms with Crippen molar-refractivity contribution < 1.29 is 14.0 Å². The van der Waals surface area contributed by atoms with Gasteiger partial charge in [0, 0.05) is 13.0 Å². The molecule has 0 aromatic carbocycles. The summed E-state index contributed by atoms with van der Waals surface area (Å²) in [5, 5.41) is 0. The van der Waals surface area contributed by atoms with Gasteiger partial charge < -0.3 is 15.1 Å². The first-order valence-corrected chi connectivity index (χ1v) is 7.78. The lowest BCUT2D eigenvalue weighted by molar-refractivity contribution is -0.121. The molecule has 0 aliphatic carbocycles. The summed E-state index contributed by atoms with van der Waals surface area (Å²) in [7, 11) is 0. The van der Waals surface area contributed by atoms with Gasteiger partial charge in [-0.1, -0.05) is 19.8 Å². The lowest BCUT2D eigenvalue weighted by Gasteiger charge is -2.21. The van der Waals surface area contributed by atoms with E-state index >= 15 is 0 Å². The molecule has 1 aromatic rings. The third-order valence-corrected chi connectivity index (χ3v) is 3.98. The molecule has 1 aromatic heterocycles. The lowest BCUT2D eigenvalue weighted by atomic mass is 10.1. The molecule has 0 bridgehead atoms. The minimum absolute atomic E-state index is 0.0348. The minimum atomic E-state index is -0.644. The fraction of sp³-hybridized carbons (Fsp3) is 0.562. The zero-order chi connectivity index (χ0) is 16.1. The van der Waals surface area contributed by atoms with Gasteiger partial charge in [0.05, 0.1) is 0 Å². The highest BCUT2D eigenvalue weighted by molar-refractivity contribution is 5.97. The number of amides is 2. The number of carbonyl (C=O) groups is 2. The molecule has 2 heterocycles. The molecule has 1 atom stereocenters. The van der Waals surface area contributed by atoms with Crippen molar-refractivity contribution in [1.29, 1.82) is 0 Å². The smallest absolute Gasteiger partial charge is 0.348 e. The van der Waals surface area contributed by atoms with E-state index in [0.717, 1.165) is 19.3 Å². The Morgan fingerprint density at radius 2 is 2.14 bits per heavy atom. The number of nitrogens with two attached hydrogens (primary N) is 1. The van der Waals surface area contributed by atoms with Gasteiger partial charge in [-0.05, 0) is 31.4 Å². The Bertz CT molecular complexity index is 608. The van der Waals surface area contributed by atoms with Crippen LogP contribution in [0.3, 0.4) is 0 Å². The van der Waals surface area contributed by atoms with E-state index in [2.05, 4.69) is 6.92 Å². The summed E-state index contributed by atoms with van der Waals surface area (Å²) in [6.45, 7) is 2.53. The summed E-state index contributed by atoms with van der Waals surface area (Å²) in [6, 6.07) is 2.53. The van der Waals surface area contributed by atoms with Gasteiger partial charge in [0.2, 0.25) is 5.91 Å². The van der Waals surface area contributed by atoms with Crippen LogP contribution < -0.4 is 11.4 Å². The lowest BCUT2D eigenvalue weighted by Crippen LogP contribution is -2.44. The standard InChI is InChI=1S/C16H22N2O4/c1-2-3-4-6-11-8-9-12(16(21)22-11)15(20)18-10-5-7-13(18)14(17)19/h8-9,13H,2-7,10H2,1H3,(H2,17,19). The average Bonchev–Trinajstić information content (AvgIpc) is 2.96. The summed E-state index contributed by atoms with van der Waals surface area (Å²) in [5.74, 6) is -0.426. The maximum Gasteiger partial charge on any atom is 0.348 e. The molecule has 6 nitrogen and oxygen atoms in total. The first kappa shape index (κ1) is 16.3. The van der Waals surface area contributed by atoms with Crippen LogP contribution in [0.25, 0.3) is 0 Å². The maximum atomic E-state index is 12.4. The highest BCUT2D eigenvalue weighted by Crippen LogP contribution is 2.19. The second-order valence-electron chi connectivity index (χ2n) is 5.62. The molecule has 6 heteroatoms. The molecule has 1 unspecified atom stereocenters. The molecule has 2 N–H and O–H groups in total. The van der Waals surface area contributed by atoms with Gasteiger partial charge in [-0.15, -0.1) is 0 Å². The van der Waals surface area contributed by atoms with E-state index < -0.39 is 23.5 Å². The first-order valence-electron chi connectivity index (χ1n) is 7.78. The first-order chi connectivity index (χ1) is 10.5. The molecular weight excluding hydrogens is 284 g/mol. The Balaban J connectivity index is 2.13. The number of nitrogens with zero attached hydrogens (tertiary/aromatic N) is 1. The van der Waals surface area contributed by atoms with Gasteiger partial charge in [0.15, 0.2) is 0 Å². The molecule has 1 aliphatic rings. The molecule has 2 amide bonds. The van der Waals surface area contributed by atoms with E-state index in [1.54, 1.807) is 6.07 Å². The van der Waals surface area contributed by atoms with Gasteiger partial charge in [0.1, 0.15) is 17.4 Å². The van der Waals surface area contributed by atoms with Crippen LogP contribution in [0, 0.1) is 0 Å². The summed E-state index contributed by atoms with van der Waals surface area (Å²) in [5.41, 5.74) is 4.62. The van der Waals surface area contributed by atoms with Gasteiger partial charge in [-0.2, -0.15) is 0 Å². The van der Waals surface area contributed by atoms with Crippen molar-refractivity contribution >= 4 is 11.8 Å². The Morgan fingerprint density at radius 3 is 2.77 bits per heavy atom. The number of hydrogen-bond acceptors (Lipinski definition) is 4. The van der Waals surface area contributed by atoms with E-state index in [9.17, 15) is 14.4 Å². The Hall–Kier alpha value is -2.11. The molecule has 2 rings (SSSR count). The Labute approximate surface area is 129 Å². The Morgan fingerprint density at radius 1 is 1.36 bits per heavy atom. The minimum Gasteiger partial charge on any atom is -0.427 e. The number of hydrogen-bond donors (Lipinski definition) is 1. The fourth-order valence-corrected chi connectivity index (χ4v) is 2.75. The van der Waals surface area contributed by atoms with Crippen molar-refractivity contribution in [3.8, 4) is 0 Å². The van der Waals surface area contributed by atoms with Crippen molar-refractivity contribution in [1.82, 2.24) is 4.90 Å². The van der Waals surface area contributed by atoms with E-state index in [4.69, 9.17) is 10.2 Å². The summed E-state index contributed by atoms with van der Waals surface area (Å²) < 4.78 is 5.21. The van der Waals surface area contributed by atoms with Crippen LogP contribution >= 0.6 is 0 Å². The molecule has 0 saturated carbocycles. The van der Waals surface area contributed by atoms with Crippen molar-refractivity contribution in [2.45, 2.75) is 51.5 Å². The van der Waals surface area contributed by atoms with E-state index in [1.807, 2.05) is 0 Å². The van der Waals surface area contributed by atoms with Crippen molar-refractivity contribution in [2.75, 3.05) is 6.54 Å². The predicted octanol–water partition coefficient (Wildman–Crippen LogP) is 1.46. The van der Waals surface area contributed by atoms with Crippen LogP contribution in [0.5, 0.6) is 0 Å². The predicted molar refractivity (Wildman–Crippen MR) is 81.5 cm³/mol. The molecule has 120 valence electrons. The average molecular weight is 306 g/mol. The van der Waals surface area contributed by atoms with E-state index in [0.29, 0.717) is 31.6 Å². The second-order valence-corrected chi connectivity index (χ2v) is 5.62. The molecular formula is C16H22N2O4. The largest absolute Gasteiger partial charge is 0.427 e. The number of likely N-dealkylation sites (tertiary alicyclic amines) is 1.